The Balaban J connectivity index is 2.53. The fraction of sp³-hybridized carbons (Fsp3) is 0.636. The molecule has 17 heavy (non-hydrogen) atoms. The number of hydrogen-bond donors (Lipinski definition) is 3. The Morgan fingerprint density at radius 1 is 1.47 bits per heavy atom. The molecule has 0 aliphatic rings. The molecule has 1 atom stereocenters. The minimum atomic E-state index is -0.211. The van der Waals surface area contributed by atoms with Crippen molar-refractivity contribution in [1.82, 2.24) is 15.6 Å². The monoisotopic (exact) mass is 256 g/mol. The summed E-state index contributed by atoms with van der Waals surface area (Å²) in [6.07, 6.45) is 0. The highest BCUT2D eigenvalue weighted by Crippen LogP contribution is 2.20. The number of nitrogens with zero attached hydrogens (tertiary/aromatic N) is 1. The highest BCUT2D eigenvalue weighted by Gasteiger charge is 2.10. The van der Waals surface area contributed by atoms with Gasteiger partial charge >= 0.3 is 6.03 Å². The van der Waals surface area contributed by atoms with Crippen LogP contribution in [0.25, 0.3) is 0 Å². The van der Waals surface area contributed by atoms with Gasteiger partial charge in [-0.3, -0.25) is 5.32 Å². The lowest BCUT2D eigenvalue weighted by Gasteiger charge is -2.09. The van der Waals surface area contributed by atoms with Gasteiger partial charge in [0, 0.05) is 17.5 Å². The number of nitrogens with one attached hydrogen (secondary N) is 3. The summed E-state index contributed by atoms with van der Waals surface area (Å²) in [5, 5.41) is 11.3. The molecule has 0 spiro atoms. The van der Waals surface area contributed by atoms with Crippen molar-refractivity contribution in [2.75, 3.05) is 11.9 Å². The molecule has 2 amide bonds. The van der Waals surface area contributed by atoms with E-state index in [0.29, 0.717) is 5.13 Å². The molecule has 96 valence electrons. The summed E-state index contributed by atoms with van der Waals surface area (Å²) in [5.74, 6) is 0. The highest BCUT2D eigenvalue weighted by atomic mass is 32.1. The number of rotatable bonds is 5. The molecule has 1 aromatic heterocycles. The zero-order valence-corrected chi connectivity index (χ0v) is 11.5. The molecule has 0 saturated carbocycles. The normalized spacial score (nSPS) is 12.5. The van der Waals surface area contributed by atoms with E-state index in [9.17, 15) is 4.79 Å². The van der Waals surface area contributed by atoms with E-state index in [0.717, 1.165) is 12.2 Å². The average molecular weight is 256 g/mol. The van der Waals surface area contributed by atoms with Crippen molar-refractivity contribution in [3.8, 4) is 0 Å². The van der Waals surface area contributed by atoms with Crippen molar-refractivity contribution in [2.24, 2.45) is 0 Å². The van der Waals surface area contributed by atoms with Crippen LogP contribution in [0.15, 0.2) is 5.38 Å². The Hall–Kier alpha value is -1.14. The highest BCUT2D eigenvalue weighted by molar-refractivity contribution is 7.13. The van der Waals surface area contributed by atoms with Crippen LogP contribution in [-0.4, -0.2) is 23.6 Å². The van der Waals surface area contributed by atoms with Crippen LogP contribution in [0.1, 0.15) is 39.4 Å². The van der Waals surface area contributed by atoms with Gasteiger partial charge in [-0.1, -0.05) is 6.92 Å². The zero-order valence-electron chi connectivity index (χ0n) is 10.7. The van der Waals surface area contributed by atoms with E-state index in [1.54, 1.807) is 0 Å². The minimum absolute atomic E-state index is 0.120. The molecule has 0 bridgehead atoms. The number of hydrogen-bond acceptors (Lipinski definition) is 4. The minimum Gasteiger partial charge on any atom is -0.336 e. The van der Waals surface area contributed by atoms with Gasteiger partial charge in [0.25, 0.3) is 0 Å². The number of carbonyl (C=O) groups excluding carboxylic acids is 1. The van der Waals surface area contributed by atoms with Gasteiger partial charge < -0.3 is 10.6 Å². The Morgan fingerprint density at radius 2 is 2.18 bits per heavy atom. The maximum Gasteiger partial charge on any atom is 0.321 e. The van der Waals surface area contributed by atoms with Crippen molar-refractivity contribution in [2.45, 2.75) is 39.8 Å². The topological polar surface area (TPSA) is 66.0 Å². The SMILES string of the molecule is CCNC(C)c1csc(NC(=O)NC(C)C)n1. The average Bonchev–Trinajstić information content (AvgIpc) is 2.65. The van der Waals surface area contributed by atoms with Gasteiger partial charge in [-0.05, 0) is 27.3 Å². The van der Waals surface area contributed by atoms with E-state index >= 15 is 0 Å². The first-order valence-corrected chi connectivity index (χ1v) is 6.67. The summed E-state index contributed by atoms with van der Waals surface area (Å²) >= 11 is 1.44. The largest absolute Gasteiger partial charge is 0.336 e. The Labute approximate surface area is 106 Å². The Kier molecular flexibility index (Phi) is 5.37. The molecule has 1 unspecified atom stereocenters. The smallest absolute Gasteiger partial charge is 0.321 e. The quantitative estimate of drug-likeness (QED) is 0.757. The number of carbonyl (C=O) groups is 1. The van der Waals surface area contributed by atoms with Gasteiger partial charge in [0.2, 0.25) is 0 Å². The predicted octanol–water partition coefficient (Wildman–Crippen LogP) is 2.34. The number of urea groups is 1. The Bertz CT molecular complexity index is 364. The molecule has 0 radical (unpaired) electrons. The maximum atomic E-state index is 11.5. The van der Waals surface area contributed by atoms with Crippen LogP contribution in [0.2, 0.25) is 0 Å². The zero-order chi connectivity index (χ0) is 12.8. The molecule has 3 N–H and O–H groups in total. The summed E-state index contributed by atoms with van der Waals surface area (Å²) < 4.78 is 0. The van der Waals surface area contributed by atoms with Gasteiger partial charge in [0.15, 0.2) is 5.13 Å². The third-order valence-corrected chi connectivity index (χ3v) is 2.89. The number of aromatic nitrogens is 1. The van der Waals surface area contributed by atoms with Crippen LogP contribution in [0, 0.1) is 0 Å². The third-order valence-electron chi connectivity index (χ3n) is 2.12. The third kappa shape index (κ3) is 4.70. The summed E-state index contributed by atoms with van der Waals surface area (Å²) in [4.78, 5) is 15.8. The molecule has 1 rings (SSSR count). The molecule has 1 heterocycles. The first kappa shape index (κ1) is 13.9. The lowest BCUT2D eigenvalue weighted by Crippen LogP contribution is -2.34. The van der Waals surface area contributed by atoms with E-state index in [-0.39, 0.29) is 18.1 Å². The van der Waals surface area contributed by atoms with Crippen molar-refractivity contribution >= 4 is 22.5 Å². The predicted molar refractivity (Wildman–Crippen MR) is 71.5 cm³/mol. The van der Waals surface area contributed by atoms with Crippen molar-refractivity contribution < 1.29 is 4.79 Å². The second kappa shape index (κ2) is 6.56. The fourth-order valence-electron chi connectivity index (χ4n) is 1.35. The summed E-state index contributed by atoms with van der Waals surface area (Å²) in [6, 6.07) is 0.118. The summed E-state index contributed by atoms with van der Waals surface area (Å²) in [5.41, 5.74) is 0.955. The molecule has 0 aliphatic carbocycles. The number of thiazole rings is 1. The van der Waals surface area contributed by atoms with Gasteiger partial charge in [-0.2, -0.15) is 0 Å². The molecular formula is C11H20N4OS. The van der Waals surface area contributed by atoms with E-state index in [2.05, 4.69) is 34.8 Å². The molecule has 1 aromatic rings. The lowest BCUT2D eigenvalue weighted by molar-refractivity contribution is 0.250. The van der Waals surface area contributed by atoms with Crippen molar-refractivity contribution in [3.63, 3.8) is 0 Å². The molecule has 5 nitrogen and oxygen atoms in total. The van der Waals surface area contributed by atoms with Gasteiger partial charge in [0.1, 0.15) is 0 Å². The second-order valence-corrected chi connectivity index (χ2v) is 4.97. The molecule has 0 fully saturated rings. The summed E-state index contributed by atoms with van der Waals surface area (Å²) in [7, 11) is 0. The first-order chi connectivity index (χ1) is 8.02. The van der Waals surface area contributed by atoms with Crippen LogP contribution in [0.5, 0.6) is 0 Å². The number of anilines is 1. The van der Waals surface area contributed by atoms with Crippen LogP contribution in [-0.2, 0) is 0 Å². The van der Waals surface area contributed by atoms with Gasteiger partial charge in [-0.25, -0.2) is 9.78 Å². The standard InChI is InChI=1S/C11H20N4OS/c1-5-12-8(4)9-6-17-11(14-9)15-10(16)13-7(2)3/h6-8,12H,5H2,1-4H3,(H2,13,14,15,16). The van der Waals surface area contributed by atoms with Crippen molar-refractivity contribution in [1.29, 1.82) is 0 Å². The molecule has 0 saturated heterocycles. The fourth-order valence-corrected chi connectivity index (χ4v) is 2.15. The van der Waals surface area contributed by atoms with Crippen LogP contribution < -0.4 is 16.0 Å². The van der Waals surface area contributed by atoms with Crippen LogP contribution >= 0.6 is 11.3 Å². The maximum absolute atomic E-state index is 11.5. The molecular weight excluding hydrogens is 236 g/mol. The number of amides is 2. The Morgan fingerprint density at radius 3 is 2.76 bits per heavy atom. The van der Waals surface area contributed by atoms with E-state index in [1.807, 2.05) is 19.2 Å². The first-order valence-electron chi connectivity index (χ1n) is 5.79. The van der Waals surface area contributed by atoms with Crippen molar-refractivity contribution in [3.05, 3.63) is 11.1 Å². The lowest BCUT2D eigenvalue weighted by atomic mass is 10.3. The molecule has 0 aliphatic heterocycles. The van der Waals surface area contributed by atoms with Gasteiger partial charge in [0.05, 0.1) is 5.69 Å². The molecule has 0 aromatic carbocycles. The van der Waals surface area contributed by atoms with Gasteiger partial charge in [-0.15, -0.1) is 11.3 Å². The second-order valence-electron chi connectivity index (χ2n) is 4.11. The summed E-state index contributed by atoms with van der Waals surface area (Å²) in [6.45, 7) is 8.84. The van der Waals surface area contributed by atoms with E-state index in [1.165, 1.54) is 11.3 Å². The van der Waals surface area contributed by atoms with E-state index < -0.39 is 0 Å². The molecule has 6 heteroatoms. The van der Waals surface area contributed by atoms with E-state index in [4.69, 9.17) is 0 Å². The van der Waals surface area contributed by atoms with Crippen LogP contribution in [0.4, 0.5) is 9.93 Å². The van der Waals surface area contributed by atoms with Crippen LogP contribution in [0.3, 0.4) is 0 Å².